The topological polar surface area (TPSA) is 58.4 Å². The van der Waals surface area contributed by atoms with Crippen LogP contribution in [-0.4, -0.2) is 44.0 Å². The number of carbonyl (C=O) groups excluding carboxylic acids is 1. The number of hydrogen-bond acceptors (Lipinski definition) is 3. The fraction of sp³-hybridized carbons (Fsp3) is 0.909. The van der Waals surface area contributed by atoms with E-state index in [1.807, 2.05) is 19.0 Å². The van der Waals surface area contributed by atoms with Crippen LogP contribution >= 0.6 is 0 Å². The molecule has 0 aromatic rings. The first-order valence-electron chi connectivity index (χ1n) is 5.75. The van der Waals surface area contributed by atoms with Crippen LogP contribution in [0.1, 0.15) is 25.7 Å². The highest BCUT2D eigenvalue weighted by Gasteiger charge is 2.18. The van der Waals surface area contributed by atoms with Crippen LogP contribution in [0.3, 0.4) is 0 Å². The van der Waals surface area contributed by atoms with Gasteiger partial charge in [0.2, 0.25) is 5.91 Å². The molecule has 1 rings (SSSR count). The summed E-state index contributed by atoms with van der Waals surface area (Å²) in [6.07, 6.45) is 4.52. The first-order valence-corrected chi connectivity index (χ1v) is 5.75. The lowest BCUT2D eigenvalue weighted by atomic mass is 9.86. The minimum absolute atomic E-state index is 0.120. The van der Waals surface area contributed by atoms with E-state index in [4.69, 9.17) is 5.73 Å². The summed E-state index contributed by atoms with van der Waals surface area (Å²) in [6.45, 7) is 1.30. The van der Waals surface area contributed by atoms with Crippen LogP contribution in [0.2, 0.25) is 0 Å². The van der Waals surface area contributed by atoms with Gasteiger partial charge in [-0.25, -0.2) is 0 Å². The summed E-state index contributed by atoms with van der Waals surface area (Å²) in [7, 11) is 3.80. The fourth-order valence-corrected chi connectivity index (χ4v) is 1.99. The third-order valence-electron chi connectivity index (χ3n) is 2.94. The van der Waals surface area contributed by atoms with Gasteiger partial charge in [0.25, 0.3) is 0 Å². The summed E-state index contributed by atoms with van der Waals surface area (Å²) >= 11 is 0. The van der Waals surface area contributed by atoms with E-state index in [0.717, 1.165) is 32.2 Å². The third kappa shape index (κ3) is 5.14. The van der Waals surface area contributed by atoms with Gasteiger partial charge in [-0.2, -0.15) is 0 Å². The molecule has 15 heavy (non-hydrogen) atoms. The minimum atomic E-state index is 0.120. The quantitative estimate of drug-likeness (QED) is 0.700. The van der Waals surface area contributed by atoms with E-state index >= 15 is 0 Å². The van der Waals surface area contributed by atoms with E-state index in [1.165, 1.54) is 0 Å². The Morgan fingerprint density at radius 3 is 2.47 bits per heavy atom. The molecule has 1 saturated carbocycles. The molecule has 0 saturated heterocycles. The lowest BCUT2D eigenvalue weighted by molar-refractivity contribution is -0.121. The molecule has 1 aliphatic carbocycles. The molecule has 3 N–H and O–H groups in total. The minimum Gasteiger partial charge on any atom is -0.355 e. The number of rotatable bonds is 4. The van der Waals surface area contributed by atoms with Gasteiger partial charge in [-0.3, -0.25) is 4.79 Å². The molecule has 1 fully saturated rings. The Morgan fingerprint density at radius 1 is 1.33 bits per heavy atom. The number of likely N-dealkylation sites (N-methyl/N-ethyl adjacent to an activating group) is 1. The molecule has 1 aliphatic rings. The third-order valence-corrected chi connectivity index (χ3v) is 2.94. The number of nitrogens with one attached hydrogen (secondary N) is 1. The molecule has 4 heteroatoms. The van der Waals surface area contributed by atoms with Crippen LogP contribution in [0.4, 0.5) is 0 Å². The Bertz CT molecular complexity index is 198. The van der Waals surface area contributed by atoms with Gasteiger partial charge in [0.15, 0.2) is 0 Å². The second kappa shape index (κ2) is 6.08. The molecule has 0 unspecified atom stereocenters. The summed E-state index contributed by atoms with van der Waals surface area (Å²) in [4.78, 5) is 13.3. The molecule has 88 valence electrons. The summed E-state index contributed by atoms with van der Waals surface area (Å²) in [5.41, 5.74) is 5.82. The zero-order valence-corrected chi connectivity index (χ0v) is 9.83. The normalized spacial score (nSPS) is 26.7. The van der Waals surface area contributed by atoms with E-state index in [0.29, 0.717) is 18.5 Å². The molecule has 4 nitrogen and oxygen atoms in total. The van der Waals surface area contributed by atoms with E-state index in [1.54, 1.807) is 0 Å². The Labute approximate surface area is 92.2 Å². The number of amides is 1. The lowest BCUT2D eigenvalue weighted by Gasteiger charge is -2.26. The molecule has 0 heterocycles. The van der Waals surface area contributed by atoms with Crippen molar-refractivity contribution < 1.29 is 4.79 Å². The molecule has 0 spiro atoms. The first-order chi connectivity index (χ1) is 7.08. The van der Waals surface area contributed by atoms with Crippen LogP contribution in [0.5, 0.6) is 0 Å². The molecule has 0 aromatic carbocycles. The van der Waals surface area contributed by atoms with Gasteiger partial charge in [0, 0.05) is 12.6 Å². The van der Waals surface area contributed by atoms with Gasteiger partial charge in [-0.15, -0.1) is 0 Å². The van der Waals surface area contributed by atoms with Crippen molar-refractivity contribution in [2.75, 3.05) is 27.2 Å². The number of nitrogens with two attached hydrogens (primary N) is 1. The maximum absolute atomic E-state index is 11.4. The van der Waals surface area contributed by atoms with Crippen molar-refractivity contribution in [2.45, 2.75) is 31.7 Å². The highest BCUT2D eigenvalue weighted by atomic mass is 16.1. The summed E-state index contributed by atoms with van der Waals surface area (Å²) in [5.74, 6) is 0.755. The van der Waals surface area contributed by atoms with Crippen LogP contribution in [0.15, 0.2) is 0 Å². The Hall–Kier alpha value is -0.610. The Balaban J connectivity index is 2.12. The zero-order chi connectivity index (χ0) is 11.3. The zero-order valence-electron chi connectivity index (χ0n) is 9.83. The highest BCUT2D eigenvalue weighted by molar-refractivity contribution is 5.77. The molecular weight excluding hydrogens is 190 g/mol. The largest absolute Gasteiger partial charge is 0.355 e. The predicted molar refractivity (Wildman–Crippen MR) is 61.5 cm³/mol. The maximum Gasteiger partial charge on any atom is 0.234 e. The standard InChI is InChI=1S/C11H23N3O/c1-14(2)8-11(15)13-7-9-3-5-10(12)6-4-9/h9-10H,3-8,12H2,1-2H3,(H,13,15). The number of hydrogen-bond donors (Lipinski definition) is 2. The van der Waals surface area contributed by atoms with E-state index in [9.17, 15) is 4.79 Å². The van der Waals surface area contributed by atoms with Crippen LogP contribution in [-0.2, 0) is 4.79 Å². The van der Waals surface area contributed by atoms with E-state index in [2.05, 4.69) is 5.32 Å². The van der Waals surface area contributed by atoms with Crippen molar-refractivity contribution in [3.05, 3.63) is 0 Å². The van der Waals surface area contributed by atoms with Gasteiger partial charge < -0.3 is 16.0 Å². The monoisotopic (exact) mass is 213 g/mol. The smallest absolute Gasteiger partial charge is 0.234 e. The number of nitrogens with zero attached hydrogens (tertiary/aromatic N) is 1. The van der Waals surface area contributed by atoms with Crippen molar-refractivity contribution in [1.29, 1.82) is 0 Å². The van der Waals surface area contributed by atoms with Gasteiger partial charge in [-0.05, 0) is 45.7 Å². The van der Waals surface area contributed by atoms with Crippen LogP contribution in [0, 0.1) is 5.92 Å². The molecule has 0 aromatic heterocycles. The Kier molecular flexibility index (Phi) is 5.05. The second-order valence-corrected chi connectivity index (χ2v) is 4.82. The maximum atomic E-state index is 11.4. The summed E-state index contributed by atoms with van der Waals surface area (Å²) < 4.78 is 0. The average molecular weight is 213 g/mol. The second-order valence-electron chi connectivity index (χ2n) is 4.82. The van der Waals surface area contributed by atoms with Gasteiger partial charge in [0.05, 0.1) is 6.54 Å². The molecule has 0 atom stereocenters. The fourth-order valence-electron chi connectivity index (χ4n) is 1.99. The molecular formula is C11H23N3O. The van der Waals surface area contributed by atoms with Gasteiger partial charge in [0.1, 0.15) is 0 Å². The molecule has 0 aliphatic heterocycles. The SMILES string of the molecule is CN(C)CC(=O)NCC1CCC(N)CC1. The van der Waals surface area contributed by atoms with Crippen LogP contribution in [0.25, 0.3) is 0 Å². The summed E-state index contributed by atoms with van der Waals surface area (Å²) in [5, 5.41) is 2.98. The van der Waals surface area contributed by atoms with Gasteiger partial charge >= 0.3 is 0 Å². The van der Waals surface area contributed by atoms with Crippen molar-refractivity contribution in [3.63, 3.8) is 0 Å². The van der Waals surface area contributed by atoms with Crippen molar-refractivity contribution in [3.8, 4) is 0 Å². The summed E-state index contributed by atoms with van der Waals surface area (Å²) in [6, 6.07) is 0.388. The van der Waals surface area contributed by atoms with Crippen LogP contribution < -0.4 is 11.1 Å². The van der Waals surface area contributed by atoms with Gasteiger partial charge in [-0.1, -0.05) is 0 Å². The first kappa shape index (κ1) is 12.5. The molecule has 1 amide bonds. The predicted octanol–water partition coefficient (Wildman–Crippen LogP) is 0.182. The van der Waals surface area contributed by atoms with Crippen molar-refractivity contribution in [2.24, 2.45) is 11.7 Å². The molecule has 0 radical (unpaired) electrons. The average Bonchev–Trinajstić information content (AvgIpc) is 2.16. The highest BCUT2D eigenvalue weighted by Crippen LogP contribution is 2.22. The Morgan fingerprint density at radius 2 is 1.93 bits per heavy atom. The van der Waals surface area contributed by atoms with Crippen molar-refractivity contribution in [1.82, 2.24) is 10.2 Å². The van der Waals surface area contributed by atoms with E-state index < -0.39 is 0 Å². The van der Waals surface area contributed by atoms with Crippen molar-refractivity contribution >= 4 is 5.91 Å². The number of carbonyl (C=O) groups is 1. The molecule has 0 bridgehead atoms. The lowest BCUT2D eigenvalue weighted by Crippen LogP contribution is -2.38. The van der Waals surface area contributed by atoms with E-state index in [-0.39, 0.29) is 5.91 Å².